The lowest BCUT2D eigenvalue weighted by molar-refractivity contribution is 1.10. The Morgan fingerprint density at radius 1 is 1.58 bits per heavy atom. The van der Waals surface area contributed by atoms with Crippen LogP contribution in [0.3, 0.4) is 0 Å². The Hall–Kier alpha value is -1.38. The van der Waals surface area contributed by atoms with Crippen molar-refractivity contribution >= 4 is 5.84 Å². The SMILES string of the molecule is C/N=C(/NC)c1ncccc1C. The molecule has 1 N–H and O–H groups in total. The van der Waals surface area contributed by atoms with E-state index in [0.29, 0.717) is 0 Å². The Labute approximate surface area is 72.6 Å². The summed E-state index contributed by atoms with van der Waals surface area (Å²) >= 11 is 0. The molecule has 0 aliphatic heterocycles. The van der Waals surface area contributed by atoms with Crippen LogP contribution in [-0.4, -0.2) is 24.9 Å². The summed E-state index contributed by atoms with van der Waals surface area (Å²) < 4.78 is 0. The van der Waals surface area contributed by atoms with E-state index in [2.05, 4.69) is 15.3 Å². The van der Waals surface area contributed by atoms with Crippen LogP contribution >= 0.6 is 0 Å². The van der Waals surface area contributed by atoms with Gasteiger partial charge in [0.05, 0.1) is 0 Å². The van der Waals surface area contributed by atoms with Gasteiger partial charge >= 0.3 is 0 Å². The lowest BCUT2D eigenvalue weighted by Crippen LogP contribution is -2.21. The third-order valence-electron chi connectivity index (χ3n) is 1.69. The largest absolute Gasteiger partial charge is 0.372 e. The van der Waals surface area contributed by atoms with Crippen LogP contribution in [0, 0.1) is 6.92 Å². The highest BCUT2D eigenvalue weighted by Gasteiger charge is 2.03. The molecular formula is C9H13N3. The number of hydrogen-bond acceptors (Lipinski definition) is 2. The monoisotopic (exact) mass is 163 g/mol. The minimum atomic E-state index is 0.827. The molecule has 12 heavy (non-hydrogen) atoms. The summed E-state index contributed by atoms with van der Waals surface area (Å²) in [6, 6.07) is 3.94. The summed E-state index contributed by atoms with van der Waals surface area (Å²) in [5.41, 5.74) is 2.05. The molecule has 0 amide bonds. The quantitative estimate of drug-likeness (QED) is 0.495. The first-order valence-electron chi connectivity index (χ1n) is 3.86. The fourth-order valence-corrected chi connectivity index (χ4v) is 1.07. The zero-order chi connectivity index (χ0) is 8.97. The second-order valence-corrected chi connectivity index (χ2v) is 2.49. The smallest absolute Gasteiger partial charge is 0.147 e. The van der Waals surface area contributed by atoms with Gasteiger partial charge in [-0.1, -0.05) is 6.07 Å². The number of pyridine rings is 1. The van der Waals surface area contributed by atoms with E-state index in [1.165, 1.54) is 0 Å². The Morgan fingerprint density at radius 2 is 2.33 bits per heavy atom. The first kappa shape index (κ1) is 8.71. The predicted octanol–water partition coefficient (Wildman–Crippen LogP) is 0.986. The summed E-state index contributed by atoms with van der Waals surface area (Å²) in [6.07, 6.45) is 1.77. The van der Waals surface area contributed by atoms with Crippen LogP contribution in [0.25, 0.3) is 0 Å². The molecule has 0 atom stereocenters. The highest BCUT2D eigenvalue weighted by atomic mass is 15.0. The highest BCUT2D eigenvalue weighted by molar-refractivity contribution is 5.97. The molecule has 0 bridgehead atoms. The van der Waals surface area contributed by atoms with Crippen LogP contribution in [0.5, 0.6) is 0 Å². The van der Waals surface area contributed by atoms with Gasteiger partial charge in [-0.2, -0.15) is 0 Å². The summed E-state index contributed by atoms with van der Waals surface area (Å²) in [7, 11) is 3.59. The fourth-order valence-electron chi connectivity index (χ4n) is 1.07. The molecule has 0 aliphatic carbocycles. The lowest BCUT2D eigenvalue weighted by atomic mass is 10.2. The lowest BCUT2D eigenvalue weighted by Gasteiger charge is -2.05. The number of hydrogen-bond donors (Lipinski definition) is 1. The van der Waals surface area contributed by atoms with E-state index in [9.17, 15) is 0 Å². The number of amidine groups is 1. The maximum atomic E-state index is 4.23. The van der Waals surface area contributed by atoms with Crippen molar-refractivity contribution in [2.45, 2.75) is 6.92 Å². The normalized spacial score (nSPS) is 11.4. The molecule has 64 valence electrons. The van der Waals surface area contributed by atoms with E-state index >= 15 is 0 Å². The summed E-state index contributed by atoms with van der Waals surface area (Å²) in [5.74, 6) is 0.827. The summed E-state index contributed by atoms with van der Waals surface area (Å²) in [5, 5.41) is 3.00. The van der Waals surface area contributed by atoms with Crippen LogP contribution in [0.2, 0.25) is 0 Å². The van der Waals surface area contributed by atoms with Gasteiger partial charge in [0, 0.05) is 20.3 Å². The van der Waals surface area contributed by atoms with Gasteiger partial charge in [0.2, 0.25) is 0 Å². The first-order valence-corrected chi connectivity index (χ1v) is 3.86. The van der Waals surface area contributed by atoms with Crippen LogP contribution < -0.4 is 5.32 Å². The summed E-state index contributed by atoms with van der Waals surface area (Å²) in [4.78, 5) is 8.31. The third kappa shape index (κ3) is 1.61. The molecule has 3 heteroatoms. The zero-order valence-electron chi connectivity index (χ0n) is 7.63. The number of aliphatic imine (C=N–C) groups is 1. The van der Waals surface area contributed by atoms with E-state index in [1.54, 1.807) is 13.2 Å². The molecule has 3 nitrogen and oxygen atoms in total. The van der Waals surface area contributed by atoms with Crippen molar-refractivity contribution in [3.05, 3.63) is 29.6 Å². The average molecular weight is 163 g/mol. The Kier molecular flexibility index (Phi) is 2.80. The van der Waals surface area contributed by atoms with E-state index < -0.39 is 0 Å². The van der Waals surface area contributed by atoms with E-state index in [0.717, 1.165) is 17.1 Å². The minimum absolute atomic E-state index is 0.827. The topological polar surface area (TPSA) is 37.3 Å². The molecule has 1 heterocycles. The number of aromatic nitrogens is 1. The second kappa shape index (κ2) is 3.85. The molecule has 0 aromatic carbocycles. The van der Waals surface area contributed by atoms with E-state index in [-0.39, 0.29) is 0 Å². The van der Waals surface area contributed by atoms with Gasteiger partial charge < -0.3 is 5.32 Å². The van der Waals surface area contributed by atoms with Gasteiger partial charge in [-0.15, -0.1) is 0 Å². The van der Waals surface area contributed by atoms with Gasteiger partial charge in [-0.25, -0.2) is 0 Å². The van der Waals surface area contributed by atoms with Gasteiger partial charge in [0.1, 0.15) is 11.5 Å². The molecule has 1 aromatic heterocycles. The van der Waals surface area contributed by atoms with Crippen molar-refractivity contribution in [2.24, 2.45) is 4.99 Å². The van der Waals surface area contributed by atoms with Gasteiger partial charge in [0.25, 0.3) is 0 Å². The number of nitrogens with zero attached hydrogens (tertiary/aromatic N) is 2. The third-order valence-corrected chi connectivity index (χ3v) is 1.69. The molecular weight excluding hydrogens is 150 g/mol. The van der Waals surface area contributed by atoms with Crippen LogP contribution in [0.15, 0.2) is 23.3 Å². The van der Waals surface area contributed by atoms with Crippen LogP contribution in [0.1, 0.15) is 11.3 Å². The number of rotatable bonds is 1. The van der Waals surface area contributed by atoms with Crippen molar-refractivity contribution in [2.75, 3.05) is 14.1 Å². The van der Waals surface area contributed by atoms with Gasteiger partial charge in [-0.3, -0.25) is 9.98 Å². The van der Waals surface area contributed by atoms with E-state index in [1.807, 2.05) is 26.1 Å². The Balaban J connectivity index is 3.10. The van der Waals surface area contributed by atoms with Crippen LogP contribution in [-0.2, 0) is 0 Å². The molecule has 0 saturated carbocycles. The second-order valence-electron chi connectivity index (χ2n) is 2.49. The maximum Gasteiger partial charge on any atom is 0.147 e. The minimum Gasteiger partial charge on any atom is -0.372 e. The van der Waals surface area contributed by atoms with E-state index in [4.69, 9.17) is 0 Å². The standard InChI is InChI=1S/C9H13N3/c1-7-5-4-6-12-8(7)9(10-2)11-3/h4-6H,1-3H3,(H,10,11). The van der Waals surface area contributed by atoms with Crippen molar-refractivity contribution in [1.29, 1.82) is 0 Å². The highest BCUT2D eigenvalue weighted by Crippen LogP contribution is 2.02. The fraction of sp³-hybridized carbons (Fsp3) is 0.333. The van der Waals surface area contributed by atoms with Gasteiger partial charge in [-0.05, 0) is 18.6 Å². The van der Waals surface area contributed by atoms with Crippen molar-refractivity contribution < 1.29 is 0 Å². The first-order chi connectivity index (χ1) is 5.79. The molecule has 0 unspecified atom stereocenters. The number of aryl methyl sites for hydroxylation is 1. The zero-order valence-corrected chi connectivity index (χ0v) is 7.63. The maximum absolute atomic E-state index is 4.23. The molecule has 0 aliphatic rings. The molecule has 0 radical (unpaired) electrons. The average Bonchev–Trinajstić information content (AvgIpc) is 2.10. The Bertz CT molecular complexity index is 292. The molecule has 1 rings (SSSR count). The predicted molar refractivity (Wildman–Crippen MR) is 50.5 cm³/mol. The number of nitrogens with one attached hydrogen (secondary N) is 1. The van der Waals surface area contributed by atoms with Crippen molar-refractivity contribution in [3.8, 4) is 0 Å². The Morgan fingerprint density at radius 3 is 2.83 bits per heavy atom. The molecule has 0 spiro atoms. The molecule has 0 saturated heterocycles. The van der Waals surface area contributed by atoms with Gasteiger partial charge in [0.15, 0.2) is 0 Å². The summed E-state index contributed by atoms with van der Waals surface area (Å²) in [6.45, 7) is 2.02. The molecule has 0 fully saturated rings. The van der Waals surface area contributed by atoms with Crippen molar-refractivity contribution in [3.63, 3.8) is 0 Å². The van der Waals surface area contributed by atoms with Crippen molar-refractivity contribution in [1.82, 2.24) is 10.3 Å². The van der Waals surface area contributed by atoms with Crippen LogP contribution in [0.4, 0.5) is 0 Å². The molecule has 1 aromatic rings.